The van der Waals surface area contributed by atoms with Crippen LogP contribution >= 0.6 is 23.2 Å². The summed E-state index contributed by atoms with van der Waals surface area (Å²) in [4.78, 5) is 12.8. The molecule has 1 N–H and O–H groups in total. The lowest BCUT2D eigenvalue weighted by molar-refractivity contribution is -0.116. The topological polar surface area (TPSA) is 66.5 Å². The van der Waals surface area contributed by atoms with Gasteiger partial charge in [-0.05, 0) is 54.4 Å². The number of nitrogens with zero attached hydrogens (tertiary/aromatic N) is 1. The van der Waals surface area contributed by atoms with Gasteiger partial charge in [0.15, 0.2) is 0 Å². The Morgan fingerprint density at radius 3 is 2.33 bits per heavy atom. The Kier molecular flexibility index (Phi) is 7.15. The van der Waals surface area contributed by atoms with E-state index in [-0.39, 0.29) is 18.0 Å². The predicted octanol–water partition coefficient (Wildman–Crippen LogP) is 5.13. The van der Waals surface area contributed by atoms with E-state index in [0.29, 0.717) is 21.3 Å². The molecular formula is C22H20Cl2N2O3S. The van der Waals surface area contributed by atoms with Gasteiger partial charge in [-0.3, -0.25) is 4.79 Å². The first-order valence-electron chi connectivity index (χ1n) is 9.11. The zero-order chi connectivity index (χ0) is 21.7. The molecule has 3 aromatic carbocycles. The molecule has 0 bridgehead atoms. The second-order valence-electron chi connectivity index (χ2n) is 6.75. The lowest BCUT2D eigenvalue weighted by atomic mass is 10.2. The monoisotopic (exact) mass is 462 g/mol. The largest absolute Gasteiger partial charge is 0.325 e. The highest BCUT2D eigenvalue weighted by molar-refractivity contribution is 7.89. The van der Waals surface area contributed by atoms with Gasteiger partial charge < -0.3 is 5.32 Å². The third-order valence-electron chi connectivity index (χ3n) is 4.35. The van der Waals surface area contributed by atoms with Gasteiger partial charge in [-0.1, -0.05) is 59.6 Å². The van der Waals surface area contributed by atoms with Gasteiger partial charge in [-0.15, -0.1) is 0 Å². The Balaban J connectivity index is 1.88. The summed E-state index contributed by atoms with van der Waals surface area (Å²) in [6.45, 7) is 1.52. The fourth-order valence-corrected chi connectivity index (χ4v) is 4.62. The fraction of sp³-hybridized carbons (Fsp3) is 0.136. The van der Waals surface area contributed by atoms with Gasteiger partial charge in [0, 0.05) is 12.2 Å². The number of benzene rings is 3. The summed E-state index contributed by atoms with van der Waals surface area (Å²) in [5.41, 5.74) is 2.20. The number of aryl methyl sites for hydroxylation is 1. The van der Waals surface area contributed by atoms with E-state index in [0.717, 1.165) is 9.87 Å². The first-order chi connectivity index (χ1) is 14.3. The lowest BCUT2D eigenvalue weighted by Crippen LogP contribution is -2.37. The van der Waals surface area contributed by atoms with E-state index in [1.165, 1.54) is 12.1 Å². The molecule has 0 radical (unpaired) electrons. The minimum absolute atomic E-state index is 0.0324. The third-order valence-corrected chi connectivity index (χ3v) is 6.89. The van der Waals surface area contributed by atoms with Crippen molar-refractivity contribution in [1.29, 1.82) is 0 Å². The van der Waals surface area contributed by atoms with Crippen LogP contribution in [0.25, 0.3) is 0 Å². The predicted molar refractivity (Wildman–Crippen MR) is 120 cm³/mol. The first-order valence-corrected chi connectivity index (χ1v) is 11.3. The second-order valence-corrected chi connectivity index (χ2v) is 9.50. The number of anilines is 1. The van der Waals surface area contributed by atoms with Crippen LogP contribution in [0, 0.1) is 6.92 Å². The molecule has 8 heteroatoms. The number of rotatable bonds is 7. The Morgan fingerprint density at radius 2 is 1.67 bits per heavy atom. The molecule has 0 fully saturated rings. The number of hydrogen-bond acceptors (Lipinski definition) is 3. The average molecular weight is 463 g/mol. The number of carbonyl (C=O) groups excluding carboxylic acids is 1. The molecule has 0 saturated carbocycles. The lowest BCUT2D eigenvalue weighted by Gasteiger charge is -2.22. The molecule has 0 spiro atoms. The maximum atomic E-state index is 13.2. The molecule has 0 aliphatic heterocycles. The summed E-state index contributed by atoms with van der Waals surface area (Å²) in [6.07, 6.45) is 0. The average Bonchev–Trinajstić information content (AvgIpc) is 2.71. The summed E-state index contributed by atoms with van der Waals surface area (Å²) in [6, 6.07) is 20.2. The van der Waals surface area contributed by atoms with Crippen molar-refractivity contribution in [2.45, 2.75) is 18.4 Å². The minimum atomic E-state index is -3.92. The van der Waals surface area contributed by atoms with Crippen molar-refractivity contribution >= 4 is 44.8 Å². The zero-order valence-electron chi connectivity index (χ0n) is 16.2. The molecule has 0 atom stereocenters. The maximum absolute atomic E-state index is 13.2. The molecule has 0 aromatic heterocycles. The van der Waals surface area contributed by atoms with Gasteiger partial charge in [0.2, 0.25) is 15.9 Å². The van der Waals surface area contributed by atoms with E-state index in [1.807, 2.05) is 25.1 Å². The molecule has 0 saturated heterocycles. The van der Waals surface area contributed by atoms with Crippen molar-refractivity contribution in [3.8, 4) is 0 Å². The molecule has 0 aliphatic carbocycles. The fourth-order valence-electron chi connectivity index (χ4n) is 2.89. The smallest absolute Gasteiger partial charge is 0.243 e. The van der Waals surface area contributed by atoms with Crippen molar-refractivity contribution in [3.05, 3.63) is 94.0 Å². The van der Waals surface area contributed by atoms with Crippen LogP contribution in [0.15, 0.2) is 77.7 Å². The maximum Gasteiger partial charge on any atom is 0.243 e. The van der Waals surface area contributed by atoms with E-state index in [9.17, 15) is 13.2 Å². The minimum Gasteiger partial charge on any atom is -0.325 e. The standard InChI is InChI=1S/C22H20Cl2N2O3S/c1-16-6-5-7-18(12-16)25-22(27)15-26(14-17-10-11-20(23)21(24)13-17)30(28,29)19-8-3-2-4-9-19/h2-13H,14-15H2,1H3,(H,25,27). The van der Waals surface area contributed by atoms with Crippen LogP contribution in [0.3, 0.4) is 0 Å². The van der Waals surface area contributed by atoms with Crippen LogP contribution in [0.5, 0.6) is 0 Å². The normalized spacial score (nSPS) is 11.5. The SMILES string of the molecule is Cc1cccc(NC(=O)CN(Cc2ccc(Cl)c(Cl)c2)S(=O)(=O)c2ccccc2)c1. The van der Waals surface area contributed by atoms with E-state index in [4.69, 9.17) is 23.2 Å². The Morgan fingerprint density at radius 1 is 0.933 bits per heavy atom. The third kappa shape index (κ3) is 5.61. The van der Waals surface area contributed by atoms with Crippen LogP contribution in [-0.4, -0.2) is 25.2 Å². The highest BCUT2D eigenvalue weighted by Crippen LogP contribution is 2.25. The van der Waals surface area contributed by atoms with Crippen LogP contribution in [-0.2, 0) is 21.4 Å². The van der Waals surface area contributed by atoms with Crippen LogP contribution in [0.4, 0.5) is 5.69 Å². The number of sulfonamides is 1. The highest BCUT2D eigenvalue weighted by atomic mass is 35.5. The number of carbonyl (C=O) groups is 1. The molecule has 30 heavy (non-hydrogen) atoms. The molecule has 0 unspecified atom stereocenters. The first kappa shape index (κ1) is 22.3. The van der Waals surface area contributed by atoms with Crippen LogP contribution < -0.4 is 5.32 Å². The number of hydrogen-bond donors (Lipinski definition) is 1. The highest BCUT2D eigenvalue weighted by Gasteiger charge is 2.27. The van der Waals surface area contributed by atoms with E-state index in [2.05, 4.69) is 5.32 Å². The van der Waals surface area contributed by atoms with E-state index in [1.54, 1.807) is 42.5 Å². The quantitative estimate of drug-likeness (QED) is 0.528. The summed E-state index contributed by atoms with van der Waals surface area (Å²) in [5, 5.41) is 3.44. The summed E-state index contributed by atoms with van der Waals surface area (Å²) < 4.78 is 27.6. The molecule has 0 aliphatic rings. The summed E-state index contributed by atoms with van der Waals surface area (Å²) in [5.74, 6) is -0.444. The number of nitrogens with one attached hydrogen (secondary N) is 1. The molecule has 5 nitrogen and oxygen atoms in total. The molecule has 156 valence electrons. The van der Waals surface area contributed by atoms with Gasteiger partial charge in [0.05, 0.1) is 21.5 Å². The molecule has 0 heterocycles. The molecule has 3 aromatic rings. The molecule has 1 amide bonds. The Labute approximate surface area is 186 Å². The summed E-state index contributed by atoms with van der Waals surface area (Å²) >= 11 is 12.0. The number of amides is 1. The number of halogens is 2. The van der Waals surface area contributed by atoms with Gasteiger partial charge in [-0.2, -0.15) is 4.31 Å². The van der Waals surface area contributed by atoms with Crippen LogP contribution in [0.1, 0.15) is 11.1 Å². The van der Waals surface area contributed by atoms with Crippen molar-refractivity contribution < 1.29 is 13.2 Å². The van der Waals surface area contributed by atoms with Crippen molar-refractivity contribution in [1.82, 2.24) is 4.31 Å². The van der Waals surface area contributed by atoms with Gasteiger partial charge >= 0.3 is 0 Å². The van der Waals surface area contributed by atoms with Gasteiger partial charge in [-0.25, -0.2) is 8.42 Å². The van der Waals surface area contributed by atoms with Crippen molar-refractivity contribution in [3.63, 3.8) is 0 Å². The van der Waals surface area contributed by atoms with Gasteiger partial charge in [0.1, 0.15) is 0 Å². The second kappa shape index (κ2) is 9.62. The summed E-state index contributed by atoms with van der Waals surface area (Å²) in [7, 11) is -3.92. The van der Waals surface area contributed by atoms with E-state index < -0.39 is 15.9 Å². The van der Waals surface area contributed by atoms with Crippen molar-refractivity contribution in [2.75, 3.05) is 11.9 Å². The Bertz CT molecular complexity index is 1150. The molecular weight excluding hydrogens is 443 g/mol. The zero-order valence-corrected chi connectivity index (χ0v) is 18.5. The molecule has 3 rings (SSSR count). The van der Waals surface area contributed by atoms with Gasteiger partial charge in [0.25, 0.3) is 0 Å². The Hall–Kier alpha value is -2.38. The van der Waals surface area contributed by atoms with Crippen molar-refractivity contribution in [2.24, 2.45) is 0 Å². The van der Waals surface area contributed by atoms with E-state index >= 15 is 0 Å². The van der Waals surface area contributed by atoms with Crippen LogP contribution in [0.2, 0.25) is 10.0 Å².